The van der Waals surface area contributed by atoms with Crippen LogP contribution >= 0.6 is 0 Å². The van der Waals surface area contributed by atoms with Gasteiger partial charge in [0.2, 0.25) is 5.91 Å². The van der Waals surface area contributed by atoms with E-state index < -0.39 is 0 Å². The largest absolute Gasteiger partial charge is 0.340 e. The molecule has 1 amide bonds. The normalized spacial score (nSPS) is 9.92. The molecular formula is C9H18NO2. The molecule has 12 heavy (non-hydrogen) atoms. The summed E-state index contributed by atoms with van der Waals surface area (Å²) in [6, 6.07) is 0. The number of carbonyl (C=O) groups is 1. The molecule has 0 aromatic heterocycles. The number of amides is 1. The summed E-state index contributed by atoms with van der Waals surface area (Å²) in [6.07, 6.45) is 2.35. The van der Waals surface area contributed by atoms with Crippen molar-refractivity contribution in [2.75, 3.05) is 19.7 Å². The maximum absolute atomic E-state index is 11.3. The van der Waals surface area contributed by atoms with Gasteiger partial charge in [-0.2, -0.15) is 0 Å². The third-order valence-corrected chi connectivity index (χ3v) is 1.67. The molecule has 0 spiro atoms. The lowest BCUT2D eigenvalue weighted by molar-refractivity contribution is -0.132. The van der Waals surface area contributed by atoms with Crippen LogP contribution in [0.4, 0.5) is 0 Å². The second kappa shape index (κ2) is 7.10. The van der Waals surface area contributed by atoms with Crippen molar-refractivity contribution in [1.29, 1.82) is 0 Å². The molecule has 0 heterocycles. The SMILES string of the molecule is CCCC(=O)N(CCC)CC[O]. The van der Waals surface area contributed by atoms with Crippen molar-refractivity contribution in [2.45, 2.75) is 33.1 Å². The summed E-state index contributed by atoms with van der Waals surface area (Å²) in [5.74, 6) is 0.121. The highest BCUT2D eigenvalue weighted by molar-refractivity contribution is 5.76. The van der Waals surface area contributed by atoms with E-state index in [1.54, 1.807) is 4.90 Å². The minimum absolute atomic E-state index is 0.121. The highest BCUT2D eigenvalue weighted by Crippen LogP contribution is 1.98. The van der Waals surface area contributed by atoms with Crippen LogP contribution in [0.3, 0.4) is 0 Å². The summed E-state index contributed by atoms with van der Waals surface area (Å²) < 4.78 is 0. The van der Waals surface area contributed by atoms with Gasteiger partial charge in [-0.3, -0.25) is 4.79 Å². The van der Waals surface area contributed by atoms with Crippen LogP contribution < -0.4 is 0 Å². The van der Waals surface area contributed by atoms with Crippen molar-refractivity contribution in [2.24, 2.45) is 0 Å². The Labute approximate surface area is 74.4 Å². The average molecular weight is 172 g/mol. The number of hydrogen-bond donors (Lipinski definition) is 0. The Morgan fingerprint density at radius 1 is 1.17 bits per heavy atom. The molecule has 0 saturated heterocycles. The first-order valence-electron chi connectivity index (χ1n) is 4.62. The summed E-state index contributed by atoms with van der Waals surface area (Å²) in [4.78, 5) is 13.0. The second-order valence-corrected chi connectivity index (χ2v) is 2.83. The van der Waals surface area contributed by atoms with Gasteiger partial charge in [0.25, 0.3) is 0 Å². The summed E-state index contributed by atoms with van der Waals surface area (Å²) in [5.41, 5.74) is 0. The zero-order valence-electron chi connectivity index (χ0n) is 8.01. The first-order chi connectivity index (χ1) is 5.76. The van der Waals surface area contributed by atoms with Crippen LogP contribution in [0.5, 0.6) is 0 Å². The first-order valence-corrected chi connectivity index (χ1v) is 4.62. The van der Waals surface area contributed by atoms with Crippen LogP contribution in [0.15, 0.2) is 0 Å². The van der Waals surface area contributed by atoms with Gasteiger partial charge in [0.15, 0.2) is 0 Å². The molecule has 0 aliphatic heterocycles. The van der Waals surface area contributed by atoms with Gasteiger partial charge in [0, 0.05) is 19.5 Å². The second-order valence-electron chi connectivity index (χ2n) is 2.83. The van der Waals surface area contributed by atoms with Crippen LogP contribution in [0.25, 0.3) is 0 Å². The molecule has 3 nitrogen and oxygen atoms in total. The third kappa shape index (κ3) is 4.34. The van der Waals surface area contributed by atoms with E-state index in [0.29, 0.717) is 13.0 Å². The molecule has 0 saturated carbocycles. The minimum Gasteiger partial charge on any atom is -0.340 e. The molecule has 3 heteroatoms. The van der Waals surface area contributed by atoms with Gasteiger partial charge in [-0.05, 0) is 12.8 Å². The molecule has 0 bridgehead atoms. The van der Waals surface area contributed by atoms with Crippen LogP contribution in [-0.2, 0) is 9.90 Å². The Kier molecular flexibility index (Phi) is 6.76. The smallest absolute Gasteiger partial charge is 0.222 e. The van der Waals surface area contributed by atoms with E-state index in [4.69, 9.17) is 0 Å². The number of carbonyl (C=O) groups excluding carboxylic acids is 1. The third-order valence-electron chi connectivity index (χ3n) is 1.67. The van der Waals surface area contributed by atoms with Crippen molar-refractivity contribution < 1.29 is 9.90 Å². The Balaban J connectivity index is 3.81. The Morgan fingerprint density at radius 3 is 2.25 bits per heavy atom. The van der Waals surface area contributed by atoms with E-state index in [9.17, 15) is 9.90 Å². The average Bonchev–Trinajstić information content (AvgIpc) is 2.04. The standard InChI is InChI=1S/C9H18NO2/c1-3-5-9(12)10(6-4-2)7-8-11/h3-8H2,1-2H3. The number of rotatable bonds is 6. The van der Waals surface area contributed by atoms with Gasteiger partial charge in [-0.15, -0.1) is 0 Å². The molecule has 1 radical (unpaired) electrons. The lowest BCUT2D eigenvalue weighted by Crippen LogP contribution is -2.33. The van der Waals surface area contributed by atoms with E-state index in [-0.39, 0.29) is 12.5 Å². The Bertz CT molecular complexity index is 120. The van der Waals surface area contributed by atoms with E-state index in [1.807, 2.05) is 13.8 Å². The monoisotopic (exact) mass is 172 g/mol. The number of nitrogens with zero attached hydrogens (tertiary/aromatic N) is 1. The van der Waals surface area contributed by atoms with E-state index in [1.165, 1.54) is 0 Å². The highest BCUT2D eigenvalue weighted by Gasteiger charge is 2.09. The molecule has 0 fully saturated rings. The Hall–Kier alpha value is -0.570. The van der Waals surface area contributed by atoms with Crippen molar-refractivity contribution in [3.05, 3.63) is 0 Å². The molecule has 0 N–H and O–H groups in total. The molecule has 0 aliphatic rings. The predicted octanol–water partition coefficient (Wildman–Crippen LogP) is 1.46. The van der Waals surface area contributed by atoms with Crippen LogP contribution in [0.1, 0.15) is 33.1 Å². The highest BCUT2D eigenvalue weighted by atomic mass is 16.3. The summed E-state index contributed by atoms with van der Waals surface area (Å²) >= 11 is 0. The van der Waals surface area contributed by atoms with Crippen molar-refractivity contribution >= 4 is 5.91 Å². The maximum Gasteiger partial charge on any atom is 0.222 e. The van der Waals surface area contributed by atoms with Crippen LogP contribution in [0.2, 0.25) is 0 Å². The summed E-state index contributed by atoms with van der Waals surface area (Å²) in [6.45, 7) is 4.89. The predicted molar refractivity (Wildman–Crippen MR) is 47.3 cm³/mol. The minimum atomic E-state index is -0.185. The van der Waals surface area contributed by atoms with Gasteiger partial charge < -0.3 is 4.90 Å². The molecule has 71 valence electrons. The topological polar surface area (TPSA) is 40.2 Å². The fourth-order valence-corrected chi connectivity index (χ4v) is 1.11. The quantitative estimate of drug-likeness (QED) is 0.598. The fraction of sp³-hybridized carbons (Fsp3) is 0.889. The van der Waals surface area contributed by atoms with Crippen molar-refractivity contribution in [3.8, 4) is 0 Å². The molecule has 0 rings (SSSR count). The van der Waals surface area contributed by atoms with Gasteiger partial charge >= 0.3 is 0 Å². The fourth-order valence-electron chi connectivity index (χ4n) is 1.11. The van der Waals surface area contributed by atoms with Gasteiger partial charge in [-0.25, -0.2) is 5.11 Å². The zero-order valence-corrected chi connectivity index (χ0v) is 8.01. The summed E-state index contributed by atoms with van der Waals surface area (Å²) in [7, 11) is 0. The maximum atomic E-state index is 11.3. The molecule has 0 aromatic carbocycles. The van der Waals surface area contributed by atoms with Crippen LogP contribution in [-0.4, -0.2) is 30.5 Å². The Morgan fingerprint density at radius 2 is 1.83 bits per heavy atom. The van der Waals surface area contributed by atoms with E-state index in [2.05, 4.69) is 0 Å². The zero-order chi connectivity index (χ0) is 9.40. The molecule has 0 aliphatic carbocycles. The van der Waals surface area contributed by atoms with Crippen LogP contribution in [0, 0.1) is 0 Å². The van der Waals surface area contributed by atoms with Gasteiger partial charge in [0.05, 0.1) is 6.61 Å². The van der Waals surface area contributed by atoms with Gasteiger partial charge in [0.1, 0.15) is 0 Å². The van der Waals surface area contributed by atoms with Gasteiger partial charge in [-0.1, -0.05) is 13.8 Å². The molecular weight excluding hydrogens is 154 g/mol. The van der Waals surface area contributed by atoms with Crippen molar-refractivity contribution in [3.63, 3.8) is 0 Å². The van der Waals surface area contributed by atoms with E-state index in [0.717, 1.165) is 19.4 Å². The summed E-state index contributed by atoms with van der Waals surface area (Å²) in [5, 5.41) is 10.3. The first kappa shape index (κ1) is 11.4. The van der Waals surface area contributed by atoms with Crippen molar-refractivity contribution in [1.82, 2.24) is 4.90 Å². The lowest BCUT2D eigenvalue weighted by Gasteiger charge is -2.20. The van der Waals surface area contributed by atoms with E-state index >= 15 is 0 Å². The number of hydrogen-bond acceptors (Lipinski definition) is 1. The lowest BCUT2D eigenvalue weighted by atomic mass is 10.3. The molecule has 0 atom stereocenters. The molecule has 0 unspecified atom stereocenters. The molecule has 0 aromatic rings.